The molecule has 0 fully saturated rings. The van der Waals surface area contributed by atoms with Crippen LogP contribution in [0.4, 0.5) is 40.8 Å². The van der Waals surface area contributed by atoms with E-state index < -0.39 is 43.0 Å². The minimum absolute atomic E-state index is 0.0935. The summed E-state index contributed by atoms with van der Waals surface area (Å²) < 4.78 is 117. The molecule has 4 aromatic rings. The Morgan fingerprint density at radius 1 is 0.775 bits per heavy atom. The number of hydrogen-bond acceptors (Lipinski definition) is 4. The zero-order valence-electron chi connectivity index (χ0n) is 20.4. The highest BCUT2D eigenvalue weighted by Crippen LogP contribution is 2.44. The van der Waals surface area contributed by atoms with Crippen molar-refractivity contribution in [2.45, 2.75) is 30.9 Å². The summed E-state index contributed by atoms with van der Waals surface area (Å²) >= 11 is 0. The Hall–Kier alpha value is -4.06. The Morgan fingerprint density at radius 2 is 1.45 bits per heavy atom. The highest BCUT2D eigenvalue weighted by Gasteiger charge is 2.58. The topological polar surface area (TPSA) is 45.8 Å². The predicted molar refractivity (Wildman–Crippen MR) is 130 cm³/mol. The SMILES string of the molecule is OC(CN(Cc1cccc(C(F)(F)C(F)(F)F)c1)c1cccc(Oc2cccc(-c3ccco3)c2)c1)C(F)(F)F. The van der Waals surface area contributed by atoms with Crippen LogP contribution in [0.25, 0.3) is 11.3 Å². The van der Waals surface area contributed by atoms with Gasteiger partial charge in [0, 0.05) is 29.4 Å². The van der Waals surface area contributed by atoms with Crippen molar-refractivity contribution < 1.29 is 49.4 Å². The van der Waals surface area contributed by atoms with E-state index in [-0.39, 0.29) is 17.0 Å². The second-order valence-corrected chi connectivity index (χ2v) is 8.82. The third-order valence-electron chi connectivity index (χ3n) is 5.85. The van der Waals surface area contributed by atoms with E-state index in [0.29, 0.717) is 29.2 Å². The number of benzene rings is 3. The monoisotopic (exact) mass is 571 g/mol. The van der Waals surface area contributed by atoms with Crippen LogP contribution in [0.15, 0.2) is 95.6 Å². The molecule has 4 nitrogen and oxygen atoms in total. The molecule has 0 aliphatic rings. The molecule has 0 amide bonds. The van der Waals surface area contributed by atoms with E-state index in [1.165, 1.54) is 36.6 Å². The van der Waals surface area contributed by atoms with Crippen molar-refractivity contribution in [3.8, 4) is 22.8 Å². The lowest BCUT2D eigenvalue weighted by atomic mass is 10.0. The molecule has 12 heteroatoms. The molecule has 1 unspecified atom stereocenters. The third-order valence-corrected chi connectivity index (χ3v) is 5.85. The second-order valence-electron chi connectivity index (χ2n) is 8.82. The van der Waals surface area contributed by atoms with E-state index in [1.807, 2.05) is 0 Å². The Bertz CT molecular complexity index is 1420. The zero-order valence-corrected chi connectivity index (χ0v) is 20.4. The number of ether oxygens (including phenoxy) is 1. The predicted octanol–water partition coefficient (Wildman–Crippen LogP) is 8.32. The van der Waals surface area contributed by atoms with Gasteiger partial charge in [-0.2, -0.15) is 35.1 Å². The summed E-state index contributed by atoms with van der Waals surface area (Å²) in [6.07, 6.45) is -12.2. The van der Waals surface area contributed by atoms with Gasteiger partial charge in [-0.3, -0.25) is 0 Å². The molecule has 0 saturated heterocycles. The molecule has 0 saturated carbocycles. The molecule has 1 N–H and O–H groups in total. The molecule has 0 spiro atoms. The lowest BCUT2D eigenvalue weighted by Crippen LogP contribution is -2.41. The zero-order chi connectivity index (χ0) is 29.1. The number of anilines is 1. The van der Waals surface area contributed by atoms with Gasteiger partial charge in [0.1, 0.15) is 17.3 Å². The first-order chi connectivity index (χ1) is 18.7. The number of aliphatic hydroxyl groups excluding tert-OH is 1. The summed E-state index contributed by atoms with van der Waals surface area (Å²) in [6, 6.07) is 19.3. The van der Waals surface area contributed by atoms with E-state index in [9.17, 15) is 40.2 Å². The first kappa shape index (κ1) is 28.9. The van der Waals surface area contributed by atoms with Crippen LogP contribution in [0.5, 0.6) is 11.5 Å². The molecule has 3 aromatic carbocycles. The van der Waals surface area contributed by atoms with Crippen LogP contribution < -0.4 is 9.64 Å². The van der Waals surface area contributed by atoms with Crippen LogP contribution in [0, 0.1) is 0 Å². The van der Waals surface area contributed by atoms with Crippen LogP contribution >= 0.6 is 0 Å². The van der Waals surface area contributed by atoms with E-state index in [0.717, 1.165) is 11.0 Å². The number of furan rings is 1. The van der Waals surface area contributed by atoms with Crippen LogP contribution in [0.1, 0.15) is 11.1 Å². The van der Waals surface area contributed by atoms with Crippen LogP contribution in [-0.2, 0) is 12.5 Å². The Labute approximate surface area is 223 Å². The van der Waals surface area contributed by atoms with E-state index >= 15 is 0 Å². The Balaban J connectivity index is 1.63. The van der Waals surface area contributed by atoms with Crippen molar-refractivity contribution in [1.82, 2.24) is 0 Å². The van der Waals surface area contributed by atoms with Gasteiger partial charge in [-0.1, -0.05) is 36.4 Å². The van der Waals surface area contributed by atoms with Crippen molar-refractivity contribution in [1.29, 1.82) is 0 Å². The normalized spacial score (nSPS) is 13.2. The number of nitrogens with zero attached hydrogens (tertiary/aromatic N) is 1. The van der Waals surface area contributed by atoms with Gasteiger partial charge in [0.25, 0.3) is 0 Å². The number of aliphatic hydroxyl groups is 1. The Morgan fingerprint density at radius 3 is 2.10 bits per heavy atom. The van der Waals surface area contributed by atoms with Crippen LogP contribution in [0.2, 0.25) is 0 Å². The average molecular weight is 571 g/mol. The van der Waals surface area contributed by atoms with Crippen molar-refractivity contribution in [3.05, 3.63) is 102 Å². The first-order valence-electron chi connectivity index (χ1n) is 11.7. The maximum absolute atomic E-state index is 13.9. The largest absolute Gasteiger partial charge is 0.464 e. The van der Waals surface area contributed by atoms with Crippen LogP contribution in [-0.4, -0.2) is 30.1 Å². The summed E-state index contributed by atoms with van der Waals surface area (Å²) in [5, 5.41) is 9.74. The van der Waals surface area contributed by atoms with Gasteiger partial charge in [-0.05, 0) is 48.0 Å². The third kappa shape index (κ3) is 6.74. The van der Waals surface area contributed by atoms with Crippen molar-refractivity contribution in [2.24, 2.45) is 0 Å². The number of rotatable bonds is 9. The van der Waals surface area contributed by atoms with Gasteiger partial charge in [-0.25, -0.2) is 0 Å². The molecule has 40 heavy (non-hydrogen) atoms. The van der Waals surface area contributed by atoms with Gasteiger partial charge in [-0.15, -0.1) is 0 Å². The maximum Gasteiger partial charge on any atom is 0.458 e. The fourth-order valence-electron chi connectivity index (χ4n) is 3.86. The molecule has 0 bridgehead atoms. The summed E-state index contributed by atoms with van der Waals surface area (Å²) in [5.74, 6) is -4.03. The molecular weight excluding hydrogens is 550 g/mol. The Kier molecular flexibility index (Phi) is 8.10. The van der Waals surface area contributed by atoms with Crippen molar-refractivity contribution >= 4 is 5.69 Å². The lowest BCUT2D eigenvalue weighted by Gasteiger charge is -2.29. The summed E-state index contributed by atoms with van der Waals surface area (Å²) in [5.41, 5.74) is -0.698. The summed E-state index contributed by atoms with van der Waals surface area (Å²) in [6.45, 7) is -1.55. The highest BCUT2D eigenvalue weighted by atomic mass is 19.4. The maximum atomic E-state index is 13.9. The quantitative estimate of drug-likeness (QED) is 0.205. The van der Waals surface area contributed by atoms with Gasteiger partial charge in [0.2, 0.25) is 0 Å². The minimum atomic E-state index is -5.86. The second kappa shape index (κ2) is 11.2. The molecule has 0 aliphatic carbocycles. The van der Waals surface area contributed by atoms with E-state index in [4.69, 9.17) is 9.15 Å². The van der Waals surface area contributed by atoms with Crippen molar-refractivity contribution in [3.63, 3.8) is 0 Å². The van der Waals surface area contributed by atoms with Gasteiger partial charge in [0.05, 0.1) is 12.8 Å². The average Bonchev–Trinajstić information content (AvgIpc) is 3.43. The highest BCUT2D eigenvalue weighted by molar-refractivity contribution is 5.60. The molecule has 1 atom stereocenters. The fraction of sp³-hybridized carbons (Fsp3) is 0.214. The molecule has 4 rings (SSSR count). The fourth-order valence-corrected chi connectivity index (χ4v) is 3.86. The molecule has 1 heterocycles. The van der Waals surface area contributed by atoms with Gasteiger partial charge < -0.3 is 19.2 Å². The smallest absolute Gasteiger partial charge is 0.458 e. The van der Waals surface area contributed by atoms with E-state index in [1.54, 1.807) is 36.4 Å². The molecule has 212 valence electrons. The van der Waals surface area contributed by atoms with Crippen LogP contribution in [0.3, 0.4) is 0 Å². The van der Waals surface area contributed by atoms with Crippen molar-refractivity contribution in [2.75, 3.05) is 11.4 Å². The standard InChI is InChI=1S/C28H21F8NO3/c29-26(30,28(34,35)36)20-7-1-5-18(13-20)16-37(17-25(38)27(31,32)33)21-8-3-10-23(15-21)40-22-9-2-6-19(14-22)24-11-4-12-39-24/h1-15,25,38H,16-17H2. The van der Waals surface area contributed by atoms with Gasteiger partial charge >= 0.3 is 18.3 Å². The summed E-state index contributed by atoms with van der Waals surface area (Å²) in [4.78, 5) is 1.01. The minimum Gasteiger partial charge on any atom is -0.464 e. The molecule has 0 radical (unpaired) electrons. The number of alkyl halides is 8. The number of hydrogen-bond donors (Lipinski definition) is 1. The van der Waals surface area contributed by atoms with E-state index in [2.05, 4.69) is 0 Å². The molecular formula is C28H21F8NO3. The number of halogens is 8. The molecule has 0 aliphatic heterocycles. The molecule has 1 aromatic heterocycles. The first-order valence-corrected chi connectivity index (χ1v) is 11.7. The van der Waals surface area contributed by atoms with Gasteiger partial charge in [0.15, 0.2) is 6.10 Å². The lowest BCUT2D eigenvalue weighted by molar-refractivity contribution is -0.289. The summed E-state index contributed by atoms with van der Waals surface area (Å²) in [7, 11) is 0.